The predicted octanol–water partition coefficient (Wildman–Crippen LogP) is 3.50. The highest BCUT2D eigenvalue weighted by molar-refractivity contribution is 9.10. The molecule has 0 aliphatic carbocycles. The van der Waals surface area contributed by atoms with Crippen LogP contribution in [0.15, 0.2) is 47.2 Å². The molecule has 0 spiro atoms. The SMILES string of the molecule is CCOc1ccc(NC(=O)c2cncc(Br)c2)cc1. The number of rotatable bonds is 4. The first-order valence-corrected chi connectivity index (χ1v) is 6.63. The lowest BCUT2D eigenvalue weighted by molar-refractivity contribution is 0.102. The molecule has 0 aliphatic rings. The highest BCUT2D eigenvalue weighted by Gasteiger charge is 2.07. The van der Waals surface area contributed by atoms with E-state index >= 15 is 0 Å². The lowest BCUT2D eigenvalue weighted by Crippen LogP contribution is -2.12. The van der Waals surface area contributed by atoms with Crippen LogP contribution in [0.2, 0.25) is 0 Å². The number of anilines is 1. The molecule has 0 aliphatic heterocycles. The van der Waals surface area contributed by atoms with Crippen LogP contribution in [-0.2, 0) is 0 Å². The number of aromatic nitrogens is 1. The summed E-state index contributed by atoms with van der Waals surface area (Å²) in [5, 5.41) is 2.80. The maximum atomic E-state index is 12.0. The number of hydrogen-bond donors (Lipinski definition) is 1. The van der Waals surface area contributed by atoms with E-state index in [1.165, 1.54) is 6.20 Å². The molecule has 1 N–H and O–H groups in total. The van der Waals surface area contributed by atoms with Gasteiger partial charge >= 0.3 is 0 Å². The van der Waals surface area contributed by atoms with Gasteiger partial charge in [0.2, 0.25) is 0 Å². The van der Waals surface area contributed by atoms with E-state index in [0.717, 1.165) is 10.2 Å². The molecule has 98 valence electrons. The monoisotopic (exact) mass is 320 g/mol. The third-order valence-corrected chi connectivity index (χ3v) is 2.82. The van der Waals surface area contributed by atoms with Crippen LogP contribution in [0.1, 0.15) is 17.3 Å². The van der Waals surface area contributed by atoms with Crippen LogP contribution in [0.3, 0.4) is 0 Å². The average Bonchev–Trinajstić information content (AvgIpc) is 2.41. The van der Waals surface area contributed by atoms with Gasteiger partial charge in [-0.1, -0.05) is 0 Å². The van der Waals surface area contributed by atoms with Crippen LogP contribution in [-0.4, -0.2) is 17.5 Å². The fourth-order valence-corrected chi connectivity index (χ4v) is 1.91. The number of carbonyl (C=O) groups is 1. The number of ether oxygens (including phenoxy) is 1. The van der Waals surface area contributed by atoms with Crippen molar-refractivity contribution < 1.29 is 9.53 Å². The number of halogens is 1. The quantitative estimate of drug-likeness (QED) is 0.938. The summed E-state index contributed by atoms with van der Waals surface area (Å²) in [6.45, 7) is 2.55. The number of pyridine rings is 1. The van der Waals surface area contributed by atoms with Crippen LogP contribution in [0.25, 0.3) is 0 Å². The predicted molar refractivity (Wildman–Crippen MR) is 77.5 cm³/mol. The second-order valence-corrected chi connectivity index (χ2v) is 4.72. The maximum absolute atomic E-state index is 12.0. The van der Waals surface area contributed by atoms with Gasteiger partial charge in [0, 0.05) is 22.6 Å². The van der Waals surface area contributed by atoms with E-state index in [9.17, 15) is 4.79 Å². The first kappa shape index (κ1) is 13.5. The number of hydrogen-bond acceptors (Lipinski definition) is 3. The van der Waals surface area contributed by atoms with Crippen molar-refractivity contribution in [3.8, 4) is 5.75 Å². The Bertz CT molecular complexity index is 570. The topological polar surface area (TPSA) is 51.2 Å². The van der Waals surface area contributed by atoms with Gasteiger partial charge in [-0.3, -0.25) is 9.78 Å². The molecule has 0 atom stereocenters. The second-order valence-electron chi connectivity index (χ2n) is 3.80. The van der Waals surface area contributed by atoms with Crippen molar-refractivity contribution in [1.29, 1.82) is 0 Å². The van der Waals surface area contributed by atoms with Crippen LogP contribution in [0, 0.1) is 0 Å². The Morgan fingerprint density at radius 2 is 2.05 bits per heavy atom. The van der Waals surface area contributed by atoms with Gasteiger partial charge in [-0.05, 0) is 53.2 Å². The molecule has 0 radical (unpaired) electrons. The highest BCUT2D eigenvalue weighted by Crippen LogP contribution is 2.17. The minimum atomic E-state index is -0.196. The van der Waals surface area contributed by atoms with Crippen LogP contribution in [0.5, 0.6) is 5.75 Å². The summed E-state index contributed by atoms with van der Waals surface area (Å²) in [5.74, 6) is 0.586. The molecule has 1 heterocycles. The van der Waals surface area contributed by atoms with Gasteiger partial charge in [-0.2, -0.15) is 0 Å². The molecule has 0 unspecified atom stereocenters. The average molecular weight is 321 g/mol. The molecule has 0 bridgehead atoms. The number of nitrogens with zero attached hydrogens (tertiary/aromatic N) is 1. The van der Waals surface area contributed by atoms with Crippen molar-refractivity contribution >= 4 is 27.5 Å². The lowest BCUT2D eigenvalue weighted by Gasteiger charge is -2.07. The summed E-state index contributed by atoms with van der Waals surface area (Å²) in [6, 6.07) is 8.95. The molecule has 0 fully saturated rings. The van der Waals surface area contributed by atoms with Crippen molar-refractivity contribution in [3.05, 3.63) is 52.8 Å². The summed E-state index contributed by atoms with van der Waals surface area (Å²) in [5.41, 5.74) is 1.22. The van der Waals surface area contributed by atoms with Crippen molar-refractivity contribution in [3.63, 3.8) is 0 Å². The zero-order valence-corrected chi connectivity index (χ0v) is 12.0. The molecule has 0 saturated carbocycles. The van der Waals surface area contributed by atoms with Gasteiger partial charge in [0.25, 0.3) is 5.91 Å². The Morgan fingerprint density at radius 3 is 2.68 bits per heavy atom. The fourth-order valence-electron chi connectivity index (χ4n) is 1.54. The highest BCUT2D eigenvalue weighted by atomic mass is 79.9. The first-order valence-electron chi connectivity index (χ1n) is 5.84. The van der Waals surface area contributed by atoms with Crippen molar-refractivity contribution in [1.82, 2.24) is 4.98 Å². The summed E-state index contributed by atoms with van der Waals surface area (Å²) in [6.07, 6.45) is 3.16. The fraction of sp³-hybridized carbons (Fsp3) is 0.143. The first-order chi connectivity index (χ1) is 9.19. The van der Waals surface area contributed by atoms with E-state index in [-0.39, 0.29) is 5.91 Å². The standard InChI is InChI=1S/C14H13BrN2O2/c1-2-19-13-5-3-12(4-6-13)17-14(18)10-7-11(15)9-16-8-10/h3-9H,2H2,1H3,(H,17,18). The number of amides is 1. The maximum Gasteiger partial charge on any atom is 0.257 e. The third kappa shape index (κ3) is 3.79. The summed E-state index contributed by atoms with van der Waals surface area (Å²) < 4.78 is 6.11. The van der Waals surface area contributed by atoms with Gasteiger partial charge in [0.1, 0.15) is 5.75 Å². The van der Waals surface area contributed by atoms with E-state index in [4.69, 9.17) is 4.74 Å². The Balaban J connectivity index is 2.06. The largest absolute Gasteiger partial charge is 0.494 e. The minimum Gasteiger partial charge on any atom is -0.494 e. The van der Waals surface area contributed by atoms with E-state index in [1.807, 2.05) is 19.1 Å². The Labute approximate surface area is 119 Å². The lowest BCUT2D eigenvalue weighted by atomic mass is 10.2. The van der Waals surface area contributed by atoms with E-state index < -0.39 is 0 Å². The van der Waals surface area contributed by atoms with Crippen LogP contribution < -0.4 is 10.1 Å². The van der Waals surface area contributed by atoms with Gasteiger partial charge in [0.05, 0.1) is 12.2 Å². The third-order valence-electron chi connectivity index (χ3n) is 2.39. The van der Waals surface area contributed by atoms with E-state index in [2.05, 4.69) is 26.2 Å². The molecule has 2 rings (SSSR count). The minimum absolute atomic E-state index is 0.196. The molecule has 4 nitrogen and oxygen atoms in total. The van der Waals surface area contributed by atoms with Gasteiger partial charge in [0.15, 0.2) is 0 Å². The Morgan fingerprint density at radius 1 is 1.32 bits per heavy atom. The summed E-state index contributed by atoms with van der Waals surface area (Å²) >= 11 is 3.28. The van der Waals surface area contributed by atoms with Crippen molar-refractivity contribution in [2.24, 2.45) is 0 Å². The zero-order valence-electron chi connectivity index (χ0n) is 10.4. The molecule has 1 aromatic carbocycles. The van der Waals surface area contributed by atoms with Crippen molar-refractivity contribution in [2.45, 2.75) is 6.92 Å². The molecular formula is C14H13BrN2O2. The molecule has 5 heteroatoms. The zero-order chi connectivity index (χ0) is 13.7. The van der Waals surface area contributed by atoms with E-state index in [1.54, 1.807) is 24.4 Å². The molecule has 2 aromatic rings. The van der Waals surface area contributed by atoms with E-state index in [0.29, 0.717) is 17.9 Å². The summed E-state index contributed by atoms with van der Waals surface area (Å²) in [4.78, 5) is 15.9. The van der Waals surface area contributed by atoms with Gasteiger partial charge in [-0.15, -0.1) is 0 Å². The Kier molecular flexibility index (Phi) is 4.52. The second kappa shape index (κ2) is 6.33. The number of carbonyl (C=O) groups excluding carboxylic acids is 1. The molecule has 0 saturated heterocycles. The van der Waals surface area contributed by atoms with Crippen molar-refractivity contribution in [2.75, 3.05) is 11.9 Å². The molecule has 1 aromatic heterocycles. The molecular weight excluding hydrogens is 308 g/mol. The number of nitrogens with one attached hydrogen (secondary N) is 1. The van der Waals surface area contributed by atoms with Crippen LogP contribution in [0.4, 0.5) is 5.69 Å². The van der Waals surface area contributed by atoms with Gasteiger partial charge in [-0.25, -0.2) is 0 Å². The Hall–Kier alpha value is -1.88. The van der Waals surface area contributed by atoms with Crippen LogP contribution >= 0.6 is 15.9 Å². The van der Waals surface area contributed by atoms with Gasteiger partial charge < -0.3 is 10.1 Å². The molecule has 19 heavy (non-hydrogen) atoms. The molecule has 1 amide bonds. The normalized spacial score (nSPS) is 10.0. The number of benzene rings is 1. The smallest absolute Gasteiger partial charge is 0.257 e. The summed E-state index contributed by atoms with van der Waals surface area (Å²) in [7, 11) is 0.